The number of carbonyl (C=O) groups excluding carboxylic acids is 2. The van der Waals surface area contributed by atoms with Crippen LogP contribution in [0.15, 0.2) is 35.1 Å². The van der Waals surface area contributed by atoms with Crippen molar-refractivity contribution >= 4 is 22.8 Å². The van der Waals surface area contributed by atoms with Gasteiger partial charge in [0.1, 0.15) is 0 Å². The lowest BCUT2D eigenvalue weighted by Crippen LogP contribution is -2.30. The molecule has 7 heteroatoms. The predicted molar refractivity (Wildman–Crippen MR) is 93.6 cm³/mol. The second kappa shape index (κ2) is 8.98. The van der Waals surface area contributed by atoms with Gasteiger partial charge >= 0.3 is 5.97 Å². The molecule has 2 N–H and O–H groups in total. The predicted octanol–water partition coefficient (Wildman–Crippen LogP) is 1.62. The number of ether oxygens (including phenoxy) is 2. The largest absolute Gasteiger partial charge is 0.452 e. The van der Waals surface area contributed by atoms with E-state index in [4.69, 9.17) is 9.47 Å². The van der Waals surface area contributed by atoms with Gasteiger partial charge in [-0.1, -0.05) is 18.2 Å². The molecule has 0 atom stereocenters. The highest BCUT2D eigenvalue weighted by atomic mass is 16.5. The van der Waals surface area contributed by atoms with Gasteiger partial charge in [0.05, 0.1) is 11.7 Å². The van der Waals surface area contributed by atoms with Crippen molar-refractivity contribution in [3.05, 3.63) is 46.2 Å². The number of rotatable bonds is 8. The van der Waals surface area contributed by atoms with Gasteiger partial charge in [-0.05, 0) is 26.3 Å². The van der Waals surface area contributed by atoms with Crippen LogP contribution in [-0.2, 0) is 14.3 Å². The Labute approximate surface area is 145 Å². The fraction of sp³-hybridized carbons (Fsp3) is 0.389. The molecule has 2 rings (SSSR count). The molecule has 0 aliphatic rings. The van der Waals surface area contributed by atoms with Crippen LogP contribution < -0.4 is 10.9 Å². The van der Waals surface area contributed by atoms with Crippen LogP contribution in [0.2, 0.25) is 0 Å². The molecule has 0 spiro atoms. The summed E-state index contributed by atoms with van der Waals surface area (Å²) in [5.74, 6) is -1.10. The normalized spacial score (nSPS) is 10.8. The smallest absolute Gasteiger partial charge is 0.339 e. The molecule has 1 aromatic heterocycles. The topological polar surface area (TPSA) is 97.5 Å². The van der Waals surface area contributed by atoms with E-state index < -0.39 is 24.0 Å². The lowest BCUT2D eigenvalue weighted by molar-refractivity contribution is -0.124. The Bertz CT molecular complexity index is 797. The molecule has 1 aromatic carbocycles. The monoisotopic (exact) mass is 346 g/mol. The quantitative estimate of drug-likeness (QED) is 0.559. The minimum absolute atomic E-state index is 0.137. The lowest BCUT2D eigenvalue weighted by Gasteiger charge is -2.09. The zero-order valence-corrected chi connectivity index (χ0v) is 14.3. The molecule has 0 unspecified atom stereocenters. The summed E-state index contributed by atoms with van der Waals surface area (Å²) >= 11 is 0. The number of hydrogen-bond donors (Lipinski definition) is 2. The van der Waals surface area contributed by atoms with E-state index in [0.717, 1.165) is 0 Å². The van der Waals surface area contributed by atoms with E-state index in [9.17, 15) is 14.4 Å². The van der Waals surface area contributed by atoms with E-state index in [1.807, 2.05) is 13.8 Å². The van der Waals surface area contributed by atoms with Gasteiger partial charge in [-0.15, -0.1) is 0 Å². The molecule has 134 valence electrons. The summed E-state index contributed by atoms with van der Waals surface area (Å²) in [6, 6.07) is 8.08. The third-order valence-electron chi connectivity index (χ3n) is 3.40. The summed E-state index contributed by atoms with van der Waals surface area (Å²) in [5, 5.41) is 3.22. The Balaban J connectivity index is 1.86. The highest BCUT2D eigenvalue weighted by Gasteiger charge is 2.14. The maximum Gasteiger partial charge on any atom is 0.339 e. The third-order valence-corrected chi connectivity index (χ3v) is 3.40. The molecule has 0 saturated carbocycles. The molecule has 0 radical (unpaired) electrons. The van der Waals surface area contributed by atoms with Gasteiger partial charge in [-0.2, -0.15) is 0 Å². The number of aromatic amines is 1. The average molecular weight is 346 g/mol. The zero-order valence-electron chi connectivity index (χ0n) is 14.3. The highest BCUT2D eigenvalue weighted by Crippen LogP contribution is 2.15. The second-order valence-electron chi connectivity index (χ2n) is 5.79. The van der Waals surface area contributed by atoms with Gasteiger partial charge in [0, 0.05) is 30.1 Å². The summed E-state index contributed by atoms with van der Waals surface area (Å²) < 4.78 is 10.4. The number of amides is 1. The molecule has 2 aromatic rings. The van der Waals surface area contributed by atoms with Crippen LogP contribution in [0.5, 0.6) is 0 Å². The molecule has 25 heavy (non-hydrogen) atoms. The molecule has 7 nitrogen and oxygen atoms in total. The van der Waals surface area contributed by atoms with Crippen molar-refractivity contribution in [3.63, 3.8) is 0 Å². The maximum absolute atomic E-state index is 12.2. The average Bonchev–Trinajstić information content (AvgIpc) is 2.58. The van der Waals surface area contributed by atoms with E-state index >= 15 is 0 Å². The van der Waals surface area contributed by atoms with Gasteiger partial charge in [0.25, 0.3) is 5.91 Å². The number of benzene rings is 1. The summed E-state index contributed by atoms with van der Waals surface area (Å²) in [5.41, 5.74) is 0.272. The molecule has 0 aliphatic carbocycles. The summed E-state index contributed by atoms with van der Waals surface area (Å²) in [6.07, 6.45) is 0.830. The molecular formula is C18H22N2O5. The molecule has 1 heterocycles. The molecule has 1 amide bonds. The van der Waals surface area contributed by atoms with E-state index in [0.29, 0.717) is 30.5 Å². The Morgan fingerprint density at radius 2 is 2.00 bits per heavy atom. The van der Waals surface area contributed by atoms with Gasteiger partial charge < -0.3 is 19.8 Å². The molecule has 0 saturated heterocycles. The van der Waals surface area contributed by atoms with Crippen LogP contribution in [0.4, 0.5) is 0 Å². The van der Waals surface area contributed by atoms with Crippen molar-refractivity contribution in [2.45, 2.75) is 26.4 Å². The van der Waals surface area contributed by atoms with E-state index in [1.54, 1.807) is 24.3 Å². The standard InChI is InChI=1S/C18H22N2O5/c1-12(2)24-9-5-8-19-17(22)11-25-18(23)14-10-16(21)20-15-7-4-3-6-13(14)15/h3-4,6-7,10,12H,5,8-9,11H2,1-2H3,(H,19,22)(H,20,21). The first kappa shape index (κ1) is 18.7. The van der Waals surface area contributed by atoms with Crippen LogP contribution in [-0.4, -0.2) is 42.7 Å². The van der Waals surface area contributed by atoms with Crippen LogP contribution >= 0.6 is 0 Å². The van der Waals surface area contributed by atoms with E-state index in [2.05, 4.69) is 10.3 Å². The van der Waals surface area contributed by atoms with Gasteiger partial charge in [0.15, 0.2) is 6.61 Å². The minimum atomic E-state index is -0.708. The zero-order chi connectivity index (χ0) is 18.2. The van der Waals surface area contributed by atoms with E-state index in [-0.39, 0.29) is 11.7 Å². The van der Waals surface area contributed by atoms with Gasteiger partial charge in [0.2, 0.25) is 5.56 Å². The van der Waals surface area contributed by atoms with Gasteiger partial charge in [-0.25, -0.2) is 4.79 Å². The summed E-state index contributed by atoms with van der Waals surface area (Å²) in [4.78, 5) is 38.2. The van der Waals surface area contributed by atoms with Crippen molar-refractivity contribution in [1.82, 2.24) is 10.3 Å². The van der Waals surface area contributed by atoms with Crippen LogP contribution in [0.25, 0.3) is 10.9 Å². The van der Waals surface area contributed by atoms with Crippen molar-refractivity contribution in [1.29, 1.82) is 0 Å². The fourth-order valence-electron chi connectivity index (χ4n) is 2.25. The molecule has 0 aliphatic heterocycles. The number of aromatic nitrogens is 1. The van der Waals surface area contributed by atoms with Crippen molar-refractivity contribution < 1.29 is 19.1 Å². The van der Waals surface area contributed by atoms with Crippen LogP contribution in [0.1, 0.15) is 30.6 Å². The van der Waals surface area contributed by atoms with Gasteiger partial charge in [-0.3, -0.25) is 9.59 Å². The Hall–Kier alpha value is -2.67. The van der Waals surface area contributed by atoms with Crippen LogP contribution in [0.3, 0.4) is 0 Å². The Morgan fingerprint density at radius 3 is 2.76 bits per heavy atom. The maximum atomic E-state index is 12.2. The number of esters is 1. The SMILES string of the molecule is CC(C)OCCCNC(=O)COC(=O)c1cc(=O)[nH]c2ccccc12. The molecule has 0 bridgehead atoms. The fourth-order valence-corrected chi connectivity index (χ4v) is 2.25. The van der Waals surface area contributed by atoms with Crippen molar-refractivity contribution in [3.8, 4) is 0 Å². The number of pyridine rings is 1. The summed E-state index contributed by atoms with van der Waals surface area (Å²) in [7, 11) is 0. The number of hydrogen-bond acceptors (Lipinski definition) is 5. The molecule has 0 fully saturated rings. The number of fused-ring (bicyclic) bond motifs is 1. The van der Waals surface area contributed by atoms with Crippen molar-refractivity contribution in [2.75, 3.05) is 19.8 Å². The molecular weight excluding hydrogens is 324 g/mol. The summed E-state index contributed by atoms with van der Waals surface area (Å²) in [6.45, 7) is 4.48. The second-order valence-corrected chi connectivity index (χ2v) is 5.79. The van der Waals surface area contributed by atoms with E-state index in [1.165, 1.54) is 6.07 Å². The first-order valence-electron chi connectivity index (χ1n) is 8.15. The first-order valence-corrected chi connectivity index (χ1v) is 8.15. The van der Waals surface area contributed by atoms with Crippen LogP contribution in [0, 0.1) is 0 Å². The number of nitrogens with one attached hydrogen (secondary N) is 2. The lowest BCUT2D eigenvalue weighted by atomic mass is 10.1. The van der Waals surface area contributed by atoms with Crippen molar-refractivity contribution in [2.24, 2.45) is 0 Å². The third kappa shape index (κ3) is 5.72. The number of H-pyrrole nitrogens is 1. The Morgan fingerprint density at radius 1 is 1.24 bits per heavy atom. The Kier molecular flexibility index (Phi) is 6.71. The first-order chi connectivity index (χ1) is 12.0. The highest BCUT2D eigenvalue weighted by molar-refractivity contribution is 6.03. The number of para-hydroxylation sites is 1. The minimum Gasteiger partial charge on any atom is -0.452 e. The number of carbonyl (C=O) groups is 2.